The summed E-state index contributed by atoms with van der Waals surface area (Å²) in [6, 6.07) is 8.40. The minimum atomic E-state index is -0.660. The highest BCUT2D eigenvalue weighted by Gasteiger charge is 2.37. The number of hydrogen-bond acceptors (Lipinski definition) is 4. The molecule has 0 radical (unpaired) electrons. The second-order valence-electron chi connectivity index (χ2n) is 7.46. The Morgan fingerprint density at radius 1 is 1.16 bits per heavy atom. The Morgan fingerprint density at radius 2 is 1.80 bits per heavy atom. The van der Waals surface area contributed by atoms with Gasteiger partial charge in [-0.3, -0.25) is 9.69 Å². The maximum atomic E-state index is 12.6. The third-order valence-electron chi connectivity index (χ3n) is 5.74. The number of benzene rings is 1. The summed E-state index contributed by atoms with van der Waals surface area (Å²) in [6.45, 7) is 2.78. The van der Waals surface area contributed by atoms with Gasteiger partial charge < -0.3 is 15.8 Å². The van der Waals surface area contributed by atoms with Gasteiger partial charge >= 0.3 is 0 Å². The van der Waals surface area contributed by atoms with Crippen LogP contribution in [0.1, 0.15) is 56.6 Å². The number of carbonyl (C=O) groups excluding carboxylic acids is 1. The Morgan fingerprint density at radius 3 is 2.40 bits per heavy atom. The van der Waals surface area contributed by atoms with E-state index < -0.39 is 5.54 Å². The molecule has 5 heteroatoms. The number of piperidine rings is 1. The molecule has 25 heavy (non-hydrogen) atoms. The van der Waals surface area contributed by atoms with Crippen LogP contribution in [0.15, 0.2) is 24.3 Å². The quantitative estimate of drug-likeness (QED) is 0.832. The van der Waals surface area contributed by atoms with Gasteiger partial charge in [0, 0.05) is 6.54 Å². The highest BCUT2D eigenvalue weighted by Crippen LogP contribution is 2.29. The third-order valence-corrected chi connectivity index (χ3v) is 5.74. The lowest BCUT2D eigenvalue weighted by Gasteiger charge is -2.35. The first-order valence-corrected chi connectivity index (χ1v) is 9.57. The van der Waals surface area contributed by atoms with Crippen LogP contribution in [0.4, 0.5) is 0 Å². The number of ether oxygens (including phenoxy) is 1. The lowest BCUT2D eigenvalue weighted by molar-refractivity contribution is -0.126. The number of carbonyl (C=O) groups is 1. The molecule has 0 bridgehead atoms. The molecule has 2 fully saturated rings. The van der Waals surface area contributed by atoms with Crippen LogP contribution in [0.3, 0.4) is 0 Å². The Hall–Kier alpha value is -1.59. The van der Waals surface area contributed by atoms with Gasteiger partial charge in [-0.2, -0.15) is 0 Å². The molecule has 0 spiro atoms. The van der Waals surface area contributed by atoms with Gasteiger partial charge in [0.2, 0.25) is 5.91 Å². The second-order valence-corrected chi connectivity index (χ2v) is 7.46. The molecule has 3 rings (SSSR count). The van der Waals surface area contributed by atoms with Gasteiger partial charge in [-0.05, 0) is 56.5 Å². The molecule has 1 aliphatic heterocycles. The first-order chi connectivity index (χ1) is 12.1. The first-order valence-electron chi connectivity index (χ1n) is 9.57. The predicted molar refractivity (Wildman–Crippen MR) is 99.6 cm³/mol. The molecule has 1 aromatic carbocycles. The van der Waals surface area contributed by atoms with Gasteiger partial charge in [0.1, 0.15) is 5.75 Å². The average molecular weight is 345 g/mol. The zero-order valence-corrected chi connectivity index (χ0v) is 15.3. The van der Waals surface area contributed by atoms with Crippen molar-refractivity contribution in [3.8, 4) is 5.75 Å². The van der Waals surface area contributed by atoms with E-state index in [1.807, 2.05) is 12.1 Å². The fourth-order valence-electron chi connectivity index (χ4n) is 4.11. The van der Waals surface area contributed by atoms with E-state index in [1.54, 1.807) is 7.11 Å². The summed E-state index contributed by atoms with van der Waals surface area (Å²) >= 11 is 0. The van der Waals surface area contributed by atoms with Gasteiger partial charge in [0.05, 0.1) is 18.7 Å². The second kappa shape index (κ2) is 8.19. The number of hydrogen-bond donors (Lipinski definition) is 2. The number of rotatable bonds is 6. The Labute approximate surface area is 150 Å². The number of amides is 1. The maximum absolute atomic E-state index is 12.6. The average Bonchev–Trinajstić information content (AvgIpc) is 3.11. The van der Waals surface area contributed by atoms with Crippen molar-refractivity contribution in [3.63, 3.8) is 0 Å². The van der Waals surface area contributed by atoms with Gasteiger partial charge in [-0.25, -0.2) is 0 Å². The lowest BCUT2D eigenvalue weighted by Crippen LogP contribution is -2.53. The van der Waals surface area contributed by atoms with Crippen molar-refractivity contribution in [2.24, 2.45) is 5.73 Å². The van der Waals surface area contributed by atoms with Crippen molar-refractivity contribution in [1.82, 2.24) is 10.2 Å². The fourth-order valence-corrected chi connectivity index (χ4v) is 4.11. The topological polar surface area (TPSA) is 67.6 Å². The third kappa shape index (κ3) is 4.33. The zero-order valence-electron chi connectivity index (χ0n) is 15.3. The highest BCUT2D eigenvalue weighted by molar-refractivity contribution is 5.86. The van der Waals surface area contributed by atoms with Crippen LogP contribution in [0.2, 0.25) is 0 Å². The number of nitrogens with one attached hydrogen (secondary N) is 1. The van der Waals surface area contributed by atoms with Crippen molar-refractivity contribution >= 4 is 5.91 Å². The molecular formula is C20H31N3O2. The Kier molecular flexibility index (Phi) is 5.97. The minimum absolute atomic E-state index is 0.0144. The maximum Gasteiger partial charge on any atom is 0.240 e. The van der Waals surface area contributed by atoms with E-state index in [1.165, 1.54) is 24.8 Å². The lowest BCUT2D eigenvalue weighted by atomic mass is 9.97. The number of nitrogens with two attached hydrogens (primary N) is 1. The summed E-state index contributed by atoms with van der Waals surface area (Å²) in [6.07, 6.45) is 7.45. The first kappa shape index (κ1) is 18.2. The Bertz CT molecular complexity index is 561. The summed E-state index contributed by atoms with van der Waals surface area (Å²) in [4.78, 5) is 15.1. The van der Waals surface area contributed by atoms with Gasteiger partial charge in [-0.1, -0.05) is 31.4 Å². The SMILES string of the molecule is COc1ccc(C(CNC(=O)C2(N)CCCC2)N2CCCCC2)cc1. The van der Waals surface area contributed by atoms with E-state index in [0.29, 0.717) is 6.54 Å². The van der Waals surface area contributed by atoms with E-state index in [-0.39, 0.29) is 11.9 Å². The van der Waals surface area contributed by atoms with Crippen molar-refractivity contribution in [2.45, 2.75) is 56.5 Å². The summed E-state index contributed by atoms with van der Waals surface area (Å²) in [5.41, 5.74) is 6.86. The molecule has 1 heterocycles. The molecule has 0 aromatic heterocycles. The van der Waals surface area contributed by atoms with Crippen LogP contribution in [0.5, 0.6) is 5.75 Å². The monoisotopic (exact) mass is 345 g/mol. The molecule has 2 aliphatic rings. The van der Waals surface area contributed by atoms with Crippen LogP contribution in [-0.2, 0) is 4.79 Å². The van der Waals surface area contributed by atoms with Gasteiger partial charge in [0.15, 0.2) is 0 Å². The number of methoxy groups -OCH3 is 1. The largest absolute Gasteiger partial charge is 0.497 e. The Balaban J connectivity index is 1.70. The molecule has 1 aliphatic carbocycles. The number of nitrogens with zero attached hydrogens (tertiary/aromatic N) is 1. The molecule has 1 saturated heterocycles. The molecule has 1 saturated carbocycles. The van der Waals surface area contributed by atoms with E-state index in [4.69, 9.17) is 10.5 Å². The van der Waals surface area contributed by atoms with Crippen molar-refractivity contribution in [2.75, 3.05) is 26.7 Å². The molecule has 138 valence electrons. The number of likely N-dealkylation sites (tertiary alicyclic amines) is 1. The zero-order chi connectivity index (χ0) is 17.7. The van der Waals surface area contributed by atoms with E-state index in [2.05, 4.69) is 22.3 Å². The van der Waals surface area contributed by atoms with E-state index >= 15 is 0 Å². The molecule has 1 amide bonds. The highest BCUT2D eigenvalue weighted by atomic mass is 16.5. The summed E-state index contributed by atoms with van der Waals surface area (Å²) in [5, 5.41) is 3.15. The van der Waals surface area contributed by atoms with E-state index in [0.717, 1.165) is 44.5 Å². The molecular weight excluding hydrogens is 314 g/mol. The standard InChI is InChI=1S/C20H31N3O2/c1-25-17-9-7-16(8-10-17)18(23-13-5-2-6-14-23)15-22-19(24)20(21)11-3-4-12-20/h7-10,18H,2-6,11-15,21H2,1H3,(H,22,24). The van der Waals surface area contributed by atoms with Crippen molar-refractivity contribution in [3.05, 3.63) is 29.8 Å². The molecule has 3 N–H and O–H groups in total. The van der Waals surface area contributed by atoms with Crippen LogP contribution in [0.25, 0.3) is 0 Å². The molecule has 1 unspecified atom stereocenters. The van der Waals surface area contributed by atoms with Crippen LogP contribution >= 0.6 is 0 Å². The van der Waals surface area contributed by atoms with E-state index in [9.17, 15) is 4.79 Å². The smallest absolute Gasteiger partial charge is 0.240 e. The minimum Gasteiger partial charge on any atom is -0.497 e. The van der Waals surface area contributed by atoms with Gasteiger partial charge in [0.25, 0.3) is 0 Å². The van der Waals surface area contributed by atoms with Crippen molar-refractivity contribution < 1.29 is 9.53 Å². The molecule has 5 nitrogen and oxygen atoms in total. The summed E-state index contributed by atoms with van der Waals surface area (Å²) in [5.74, 6) is 0.873. The normalized spacial score (nSPS) is 21.7. The predicted octanol–water partition coefficient (Wildman–Crippen LogP) is 2.61. The molecule has 1 atom stereocenters. The van der Waals surface area contributed by atoms with Crippen LogP contribution < -0.4 is 15.8 Å². The van der Waals surface area contributed by atoms with Crippen LogP contribution in [0, 0.1) is 0 Å². The molecule has 1 aromatic rings. The summed E-state index contributed by atoms with van der Waals surface area (Å²) in [7, 11) is 1.68. The van der Waals surface area contributed by atoms with Crippen molar-refractivity contribution in [1.29, 1.82) is 0 Å². The fraction of sp³-hybridized carbons (Fsp3) is 0.650. The van der Waals surface area contributed by atoms with Gasteiger partial charge in [-0.15, -0.1) is 0 Å². The van der Waals surface area contributed by atoms with Crippen LogP contribution in [-0.4, -0.2) is 43.1 Å². The summed E-state index contributed by atoms with van der Waals surface area (Å²) < 4.78 is 5.27.